The van der Waals surface area contributed by atoms with Gasteiger partial charge in [0.1, 0.15) is 0 Å². The zero-order valence-corrected chi connectivity index (χ0v) is 13.9. The zero-order chi connectivity index (χ0) is 16.7. The van der Waals surface area contributed by atoms with Crippen LogP contribution in [-0.4, -0.2) is 36.8 Å². The number of sulfonamides is 1. The van der Waals surface area contributed by atoms with E-state index in [2.05, 4.69) is 0 Å². The van der Waals surface area contributed by atoms with Gasteiger partial charge in [-0.2, -0.15) is 4.31 Å². The Hall–Kier alpha value is -1.22. The Labute approximate surface area is 134 Å². The fourth-order valence-corrected chi connectivity index (χ4v) is 4.56. The van der Waals surface area contributed by atoms with Crippen LogP contribution >= 0.6 is 11.6 Å². The first-order chi connectivity index (χ1) is 10.1. The minimum Gasteiger partial charge on any atom is -0.327 e. The molecule has 1 atom stereocenters. The highest BCUT2D eigenvalue weighted by molar-refractivity contribution is 7.89. The maximum Gasteiger partial charge on any atom is 0.289 e. The molecule has 1 heterocycles. The Bertz CT molecular complexity index is 705. The van der Waals surface area contributed by atoms with Crippen LogP contribution in [0.1, 0.15) is 20.3 Å². The van der Waals surface area contributed by atoms with Crippen molar-refractivity contribution in [2.75, 3.05) is 13.1 Å². The van der Waals surface area contributed by atoms with Crippen molar-refractivity contribution in [2.45, 2.75) is 31.2 Å². The van der Waals surface area contributed by atoms with Crippen LogP contribution in [0, 0.1) is 15.5 Å². The van der Waals surface area contributed by atoms with Crippen LogP contribution in [0.2, 0.25) is 5.02 Å². The van der Waals surface area contributed by atoms with Crippen molar-refractivity contribution in [3.8, 4) is 0 Å². The molecule has 0 aromatic heterocycles. The molecule has 1 saturated heterocycles. The topological polar surface area (TPSA) is 107 Å². The van der Waals surface area contributed by atoms with E-state index >= 15 is 0 Å². The second kappa shape index (κ2) is 5.77. The Balaban J connectivity index is 2.48. The van der Waals surface area contributed by atoms with Crippen molar-refractivity contribution in [2.24, 2.45) is 11.1 Å². The minimum absolute atomic E-state index is 0.117. The summed E-state index contributed by atoms with van der Waals surface area (Å²) in [5.41, 5.74) is 5.13. The Morgan fingerprint density at radius 2 is 2.09 bits per heavy atom. The summed E-state index contributed by atoms with van der Waals surface area (Å²) in [6.07, 6.45) is 0.501. The van der Waals surface area contributed by atoms with Crippen LogP contribution in [-0.2, 0) is 10.0 Å². The number of nitro benzene ring substituents is 1. The lowest BCUT2D eigenvalue weighted by atomic mass is 9.81. The highest BCUT2D eigenvalue weighted by atomic mass is 35.5. The molecule has 122 valence electrons. The van der Waals surface area contributed by atoms with Gasteiger partial charge < -0.3 is 5.73 Å². The smallest absolute Gasteiger partial charge is 0.289 e. The van der Waals surface area contributed by atoms with Crippen molar-refractivity contribution in [3.63, 3.8) is 0 Å². The molecular formula is C13H18ClN3O4S. The molecule has 1 aromatic carbocycles. The fourth-order valence-electron chi connectivity index (χ4n) is 2.51. The molecule has 0 spiro atoms. The van der Waals surface area contributed by atoms with Gasteiger partial charge in [-0.15, -0.1) is 0 Å². The molecule has 7 nitrogen and oxygen atoms in total. The van der Waals surface area contributed by atoms with E-state index in [0.29, 0.717) is 6.42 Å². The number of hydrogen-bond acceptors (Lipinski definition) is 5. The zero-order valence-electron chi connectivity index (χ0n) is 12.3. The molecule has 1 fully saturated rings. The van der Waals surface area contributed by atoms with Gasteiger partial charge in [0.15, 0.2) is 4.90 Å². The summed E-state index contributed by atoms with van der Waals surface area (Å²) in [5, 5.41) is 11.2. The highest BCUT2D eigenvalue weighted by Crippen LogP contribution is 2.34. The van der Waals surface area contributed by atoms with Gasteiger partial charge in [0, 0.05) is 30.2 Å². The number of benzene rings is 1. The van der Waals surface area contributed by atoms with E-state index in [9.17, 15) is 18.5 Å². The van der Waals surface area contributed by atoms with E-state index in [1.807, 2.05) is 13.8 Å². The van der Waals surface area contributed by atoms with Crippen LogP contribution < -0.4 is 5.73 Å². The number of nitro groups is 1. The van der Waals surface area contributed by atoms with Crippen molar-refractivity contribution < 1.29 is 13.3 Å². The van der Waals surface area contributed by atoms with Crippen molar-refractivity contribution in [1.82, 2.24) is 4.31 Å². The van der Waals surface area contributed by atoms with Gasteiger partial charge in [0.05, 0.1) is 4.92 Å². The van der Waals surface area contributed by atoms with Gasteiger partial charge in [-0.05, 0) is 24.0 Å². The van der Waals surface area contributed by atoms with Crippen molar-refractivity contribution >= 4 is 27.3 Å². The second-order valence-electron chi connectivity index (χ2n) is 6.09. The number of hydrogen-bond donors (Lipinski definition) is 1. The molecule has 2 N–H and O–H groups in total. The molecule has 1 aliphatic rings. The maximum atomic E-state index is 12.8. The average Bonchev–Trinajstić information content (AvgIpc) is 2.41. The summed E-state index contributed by atoms with van der Waals surface area (Å²) < 4.78 is 26.8. The second-order valence-corrected chi connectivity index (χ2v) is 8.43. The summed E-state index contributed by atoms with van der Waals surface area (Å²) in [5.74, 6) is 0. The molecule has 0 radical (unpaired) electrons. The Morgan fingerprint density at radius 3 is 2.64 bits per heavy atom. The van der Waals surface area contributed by atoms with E-state index in [1.165, 1.54) is 10.4 Å². The summed E-state index contributed by atoms with van der Waals surface area (Å²) in [6, 6.07) is 3.41. The molecule has 22 heavy (non-hydrogen) atoms. The Morgan fingerprint density at radius 1 is 1.45 bits per heavy atom. The third-order valence-corrected chi connectivity index (χ3v) is 6.12. The predicted molar refractivity (Wildman–Crippen MR) is 83.2 cm³/mol. The van der Waals surface area contributed by atoms with Crippen LogP contribution in [0.15, 0.2) is 23.1 Å². The normalized spacial score (nSPS) is 22.5. The minimum atomic E-state index is -4.00. The summed E-state index contributed by atoms with van der Waals surface area (Å²) in [7, 11) is -4.00. The molecule has 0 amide bonds. The summed E-state index contributed by atoms with van der Waals surface area (Å²) in [6.45, 7) is 4.20. The molecule has 1 unspecified atom stereocenters. The van der Waals surface area contributed by atoms with Gasteiger partial charge in [0.2, 0.25) is 10.0 Å². The van der Waals surface area contributed by atoms with E-state index < -0.39 is 26.0 Å². The average molecular weight is 348 g/mol. The number of nitrogens with two attached hydrogens (primary N) is 1. The van der Waals surface area contributed by atoms with Crippen LogP contribution in [0.25, 0.3) is 0 Å². The lowest BCUT2D eigenvalue weighted by Gasteiger charge is -2.41. The lowest BCUT2D eigenvalue weighted by molar-refractivity contribution is -0.387. The molecule has 2 rings (SSSR count). The van der Waals surface area contributed by atoms with Gasteiger partial charge in [-0.1, -0.05) is 25.4 Å². The summed E-state index contributed by atoms with van der Waals surface area (Å²) in [4.78, 5) is 10.0. The van der Waals surface area contributed by atoms with E-state index in [-0.39, 0.29) is 29.0 Å². The van der Waals surface area contributed by atoms with Crippen molar-refractivity contribution in [3.05, 3.63) is 33.3 Å². The monoisotopic (exact) mass is 347 g/mol. The predicted octanol–water partition coefficient (Wildman–Crippen LogP) is 2.00. The molecule has 1 aromatic rings. The van der Waals surface area contributed by atoms with Crippen LogP contribution in [0.4, 0.5) is 5.69 Å². The largest absolute Gasteiger partial charge is 0.327 e. The molecule has 9 heteroatoms. The van der Waals surface area contributed by atoms with Gasteiger partial charge in [-0.3, -0.25) is 10.1 Å². The maximum absolute atomic E-state index is 12.8. The van der Waals surface area contributed by atoms with Gasteiger partial charge >= 0.3 is 0 Å². The molecule has 0 aliphatic carbocycles. The fraction of sp³-hybridized carbons (Fsp3) is 0.538. The van der Waals surface area contributed by atoms with E-state index in [4.69, 9.17) is 17.3 Å². The SMILES string of the molecule is CC1(C)CN(S(=O)(=O)c2cc(Cl)ccc2[N+](=O)[O-])CCC1N. The van der Waals surface area contributed by atoms with Crippen LogP contribution in [0.5, 0.6) is 0 Å². The highest BCUT2D eigenvalue weighted by Gasteiger charge is 2.40. The number of nitrogens with zero attached hydrogens (tertiary/aromatic N) is 2. The first-order valence-electron chi connectivity index (χ1n) is 6.75. The molecule has 0 bridgehead atoms. The standard InChI is InChI=1S/C13H18ClN3O4S/c1-13(2)8-16(6-5-12(13)15)22(20,21)11-7-9(14)3-4-10(11)17(18)19/h3-4,7,12H,5-6,8,15H2,1-2H3. The Kier molecular flexibility index (Phi) is 4.49. The van der Waals surface area contributed by atoms with Crippen LogP contribution in [0.3, 0.4) is 0 Å². The molecular weight excluding hydrogens is 330 g/mol. The van der Waals surface area contributed by atoms with E-state index in [1.54, 1.807) is 0 Å². The first-order valence-corrected chi connectivity index (χ1v) is 8.57. The summed E-state index contributed by atoms with van der Waals surface area (Å²) >= 11 is 5.82. The number of halogens is 1. The quantitative estimate of drug-likeness (QED) is 0.664. The van der Waals surface area contributed by atoms with Gasteiger partial charge in [0.25, 0.3) is 5.69 Å². The third kappa shape index (κ3) is 3.10. The molecule has 1 aliphatic heterocycles. The molecule has 0 saturated carbocycles. The van der Waals surface area contributed by atoms with E-state index in [0.717, 1.165) is 12.1 Å². The first kappa shape index (κ1) is 17.1. The van der Waals surface area contributed by atoms with Crippen molar-refractivity contribution in [1.29, 1.82) is 0 Å². The third-order valence-electron chi connectivity index (χ3n) is 4.01. The number of piperidine rings is 1. The lowest BCUT2D eigenvalue weighted by Crippen LogP contribution is -2.53. The van der Waals surface area contributed by atoms with Gasteiger partial charge in [-0.25, -0.2) is 8.42 Å². The number of rotatable bonds is 3.